The van der Waals surface area contributed by atoms with E-state index in [0.29, 0.717) is 0 Å². The van der Waals surface area contributed by atoms with Gasteiger partial charge in [0, 0.05) is 24.5 Å². The normalized spacial score (nSPS) is 17.9. The topological polar surface area (TPSA) is 6.48 Å². The van der Waals surface area contributed by atoms with Crippen molar-refractivity contribution in [3.05, 3.63) is 49.5 Å². The minimum atomic E-state index is 0.860. The van der Waals surface area contributed by atoms with Gasteiger partial charge >= 0.3 is 0 Å². The fourth-order valence-electron chi connectivity index (χ4n) is 1.77. The number of hydrogen-bond donors (Lipinski definition) is 0. The van der Waals surface area contributed by atoms with Gasteiger partial charge in [-0.2, -0.15) is 0 Å². The van der Waals surface area contributed by atoms with Gasteiger partial charge in [0.15, 0.2) is 0 Å². The van der Waals surface area contributed by atoms with Gasteiger partial charge in [-0.1, -0.05) is 32.7 Å². The van der Waals surface area contributed by atoms with Crippen molar-refractivity contribution in [2.75, 3.05) is 19.6 Å². The molecule has 1 heterocycles. The van der Waals surface area contributed by atoms with E-state index in [1.807, 2.05) is 12.3 Å². The molecule has 0 spiro atoms. The van der Waals surface area contributed by atoms with Crippen LogP contribution in [0.1, 0.15) is 13.3 Å². The predicted molar refractivity (Wildman–Crippen MR) is 66.2 cm³/mol. The third kappa shape index (κ3) is 2.75. The standard InChI is InChI=1S/C13H20N2/c1-5-8-13(6-2)15-10-9-14(7-3)11-12(15)4/h6-8H,2-5,9-11H2,1H3/b13-8-. The lowest BCUT2D eigenvalue weighted by Gasteiger charge is -2.37. The Balaban J connectivity index is 2.72. The first-order valence-electron chi connectivity index (χ1n) is 5.37. The predicted octanol–water partition coefficient (Wildman–Crippen LogP) is 2.74. The molecule has 0 atom stereocenters. The van der Waals surface area contributed by atoms with E-state index < -0.39 is 0 Å². The van der Waals surface area contributed by atoms with E-state index in [-0.39, 0.29) is 0 Å². The van der Waals surface area contributed by atoms with Gasteiger partial charge in [-0.15, -0.1) is 0 Å². The highest BCUT2D eigenvalue weighted by atomic mass is 15.3. The molecule has 0 radical (unpaired) electrons. The summed E-state index contributed by atoms with van der Waals surface area (Å²) in [5, 5.41) is 0. The summed E-state index contributed by atoms with van der Waals surface area (Å²) in [4.78, 5) is 4.40. The van der Waals surface area contributed by atoms with Crippen molar-refractivity contribution < 1.29 is 0 Å². The lowest BCUT2D eigenvalue weighted by molar-refractivity contribution is 0.261. The summed E-state index contributed by atoms with van der Waals surface area (Å²) in [6.45, 7) is 16.7. The van der Waals surface area contributed by atoms with Crippen LogP contribution in [-0.2, 0) is 0 Å². The third-order valence-corrected chi connectivity index (χ3v) is 2.57. The van der Waals surface area contributed by atoms with Gasteiger partial charge in [0.25, 0.3) is 0 Å². The molecular formula is C13H20N2. The molecule has 0 aliphatic carbocycles. The number of piperazine rings is 1. The molecule has 0 aromatic heterocycles. The molecule has 0 bridgehead atoms. The van der Waals surface area contributed by atoms with E-state index in [9.17, 15) is 0 Å². The summed E-state index contributed by atoms with van der Waals surface area (Å²) in [5.41, 5.74) is 2.28. The molecule has 82 valence electrons. The molecular weight excluding hydrogens is 184 g/mol. The van der Waals surface area contributed by atoms with Crippen molar-refractivity contribution in [2.24, 2.45) is 0 Å². The van der Waals surface area contributed by atoms with Crippen LogP contribution in [0.3, 0.4) is 0 Å². The van der Waals surface area contributed by atoms with Gasteiger partial charge in [0.05, 0.1) is 6.54 Å². The van der Waals surface area contributed by atoms with Gasteiger partial charge in [0.2, 0.25) is 0 Å². The highest BCUT2D eigenvalue weighted by molar-refractivity contribution is 5.22. The molecule has 1 aliphatic heterocycles. The minimum Gasteiger partial charge on any atom is -0.370 e. The van der Waals surface area contributed by atoms with E-state index in [1.54, 1.807) is 0 Å². The average molecular weight is 204 g/mol. The van der Waals surface area contributed by atoms with E-state index >= 15 is 0 Å². The Morgan fingerprint density at radius 3 is 2.60 bits per heavy atom. The molecule has 0 N–H and O–H groups in total. The molecule has 0 amide bonds. The SMILES string of the molecule is C=C/C(=C/CC)N1CCN(C=C)CC1=C. The smallest absolute Gasteiger partial charge is 0.0571 e. The van der Waals surface area contributed by atoms with Crippen LogP contribution in [0.25, 0.3) is 0 Å². The monoisotopic (exact) mass is 204 g/mol. The van der Waals surface area contributed by atoms with E-state index in [4.69, 9.17) is 0 Å². The van der Waals surface area contributed by atoms with Gasteiger partial charge < -0.3 is 9.80 Å². The Kier molecular flexibility index (Phi) is 4.22. The molecule has 0 unspecified atom stereocenters. The summed E-state index contributed by atoms with van der Waals surface area (Å²) >= 11 is 0. The van der Waals surface area contributed by atoms with Crippen molar-refractivity contribution >= 4 is 0 Å². The van der Waals surface area contributed by atoms with Gasteiger partial charge in [-0.05, 0) is 18.7 Å². The second kappa shape index (κ2) is 5.44. The Bertz CT molecular complexity index is 289. The fraction of sp³-hybridized carbons (Fsp3) is 0.385. The molecule has 2 nitrogen and oxygen atoms in total. The Labute approximate surface area is 92.9 Å². The van der Waals surface area contributed by atoms with Crippen LogP contribution < -0.4 is 0 Å². The summed E-state index contributed by atoms with van der Waals surface area (Å²) < 4.78 is 0. The maximum Gasteiger partial charge on any atom is 0.0571 e. The second-order valence-electron chi connectivity index (χ2n) is 3.61. The molecule has 1 saturated heterocycles. The Hall–Kier alpha value is -1.44. The molecule has 1 rings (SSSR count). The highest BCUT2D eigenvalue weighted by Crippen LogP contribution is 2.18. The van der Waals surface area contributed by atoms with Gasteiger partial charge in [-0.25, -0.2) is 0 Å². The number of rotatable bonds is 4. The Morgan fingerprint density at radius 1 is 1.40 bits per heavy atom. The van der Waals surface area contributed by atoms with Gasteiger partial charge in [0.1, 0.15) is 0 Å². The molecule has 0 saturated carbocycles. The highest BCUT2D eigenvalue weighted by Gasteiger charge is 2.18. The summed E-state index contributed by atoms with van der Waals surface area (Å²) in [6.07, 6.45) is 6.98. The van der Waals surface area contributed by atoms with Gasteiger partial charge in [-0.3, -0.25) is 0 Å². The zero-order valence-corrected chi connectivity index (χ0v) is 9.58. The minimum absolute atomic E-state index is 0.860. The first-order valence-corrected chi connectivity index (χ1v) is 5.37. The molecule has 15 heavy (non-hydrogen) atoms. The van der Waals surface area contributed by atoms with Crippen molar-refractivity contribution in [3.63, 3.8) is 0 Å². The summed E-state index contributed by atoms with van der Waals surface area (Å²) in [7, 11) is 0. The van der Waals surface area contributed by atoms with E-state index in [1.165, 1.54) is 5.70 Å². The van der Waals surface area contributed by atoms with Crippen LogP contribution in [0.15, 0.2) is 49.5 Å². The molecule has 0 aromatic carbocycles. The lowest BCUT2D eigenvalue weighted by Crippen LogP contribution is -2.40. The van der Waals surface area contributed by atoms with Crippen molar-refractivity contribution in [3.8, 4) is 0 Å². The molecule has 0 aromatic rings. The second-order valence-corrected chi connectivity index (χ2v) is 3.61. The van der Waals surface area contributed by atoms with E-state index in [2.05, 4.69) is 42.5 Å². The molecule has 1 fully saturated rings. The Morgan fingerprint density at radius 2 is 2.13 bits per heavy atom. The number of hydrogen-bond acceptors (Lipinski definition) is 2. The summed E-state index contributed by atoms with van der Waals surface area (Å²) in [5.74, 6) is 0. The summed E-state index contributed by atoms with van der Waals surface area (Å²) in [6, 6.07) is 0. The van der Waals surface area contributed by atoms with Crippen molar-refractivity contribution in [2.45, 2.75) is 13.3 Å². The fourth-order valence-corrected chi connectivity index (χ4v) is 1.77. The van der Waals surface area contributed by atoms with Crippen LogP contribution in [0, 0.1) is 0 Å². The maximum atomic E-state index is 4.09. The van der Waals surface area contributed by atoms with Crippen LogP contribution >= 0.6 is 0 Å². The van der Waals surface area contributed by atoms with Crippen LogP contribution in [0.4, 0.5) is 0 Å². The molecule has 2 heteroatoms. The number of allylic oxidation sites excluding steroid dienone is 2. The number of nitrogens with zero attached hydrogens (tertiary/aromatic N) is 2. The first kappa shape index (κ1) is 11.6. The van der Waals surface area contributed by atoms with Crippen LogP contribution in [0.5, 0.6) is 0 Å². The maximum absolute atomic E-state index is 4.09. The molecule has 1 aliphatic rings. The van der Waals surface area contributed by atoms with E-state index in [0.717, 1.165) is 31.8 Å². The first-order chi connectivity index (χ1) is 7.22. The third-order valence-electron chi connectivity index (χ3n) is 2.57. The zero-order chi connectivity index (χ0) is 11.3. The van der Waals surface area contributed by atoms with Crippen molar-refractivity contribution in [1.82, 2.24) is 9.80 Å². The largest absolute Gasteiger partial charge is 0.370 e. The average Bonchev–Trinajstić information content (AvgIpc) is 2.26. The van der Waals surface area contributed by atoms with Crippen LogP contribution in [0.2, 0.25) is 0 Å². The lowest BCUT2D eigenvalue weighted by atomic mass is 10.2. The van der Waals surface area contributed by atoms with Crippen molar-refractivity contribution in [1.29, 1.82) is 0 Å². The van der Waals surface area contributed by atoms with Crippen LogP contribution in [-0.4, -0.2) is 29.4 Å². The quantitative estimate of drug-likeness (QED) is 0.650. The zero-order valence-electron chi connectivity index (χ0n) is 9.58.